The van der Waals surface area contributed by atoms with Gasteiger partial charge in [0.15, 0.2) is 22.8 Å². The molecule has 0 aromatic heterocycles. The molecule has 0 spiro atoms. The number of aliphatic imine (C=N–C) groups is 1. The van der Waals surface area contributed by atoms with Crippen LogP contribution in [0.1, 0.15) is 25.8 Å². The standard InChI is InChI=1S/C22H21ClN2O5S/c1-3-16(21(27)28)30-17-9-8-13(10-18(17)29-4-2)11-19-20(26)25-22(31-19)24-15-7-5-6-14(23)12-15/h5-12,16H,3-4H2,1-2H3,(H,27,28)(H,24,25,26)/b19-11+. The van der Waals surface area contributed by atoms with Crippen molar-refractivity contribution in [3.05, 3.63) is 58.0 Å². The Labute approximate surface area is 189 Å². The van der Waals surface area contributed by atoms with Crippen LogP contribution in [-0.4, -0.2) is 34.9 Å². The molecule has 2 aromatic rings. The molecule has 0 bridgehead atoms. The molecule has 1 atom stereocenters. The third-order valence-electron chi connectivity index (χ3n) is 4.17. The number of amidine groups is 1. The predicted molar refractivity (Wildman–Crippen MR) is 122 cm³/mol. The Morgan fingerprint density at radius 3 is 2.74 bits per heavy atom. The zero-order chi connectivity index (χ0) is 22.4. The van der Waals surface area contributed by atoms with Crippen LogP contribution in [0.5, 0.6) is 11.5 Å². The van der Waals surface area contributed by atoms with Crippen molar-refractivity contribution in [2.75, 3.05) is 6.61 Å². The van der Waals surface area contributed by atoms with Crippen LogP contribution in [0, 0.1) is 0 Å². The molecule has 0 radical (unpaired) electrons. The summed E-state index contributed by atoms with van der Waals surface area (Å²) in [6, 6.07) is 12.1. The lowest BCUT2D eigenvalue weighted by Crippen LogP contribution is -2.26. The second kappa shape index (κ2) is 10.4. The van der Waals surface area contributed by atoms with Crippen molar-refractivity contribution in [2.45, 2.75) is 26.4 Å². The third kappa shape index (κ3) is 6.02. The summed E-state index contributed by atoms with van der Waals surface area (Å²) in [6.45, 7) is 3.94. The molecule has 1 saturated heterocycles. The first-order valence-electron chi connectivity index (χ1n) is 9.61. The lowest BCUT2D eigenvalue weighted by molar-refractivity contribution is -0.145. The Morgan fingerprint density at radius 1 is 1.26 bits per heavy atom. The van der Waals surface area contributed by atoms with E-state index >= 15 is 0 Å². The van der Waals surface area contributed by atoms with Crippen LogP contribution in [0.2, 0.25) is 5.02 Å². The van der Waals surface area contributed by atoms with Crippen molar-refractivity contribution in [2.24, 2.45) is 4.99 Å². The Morgan fingerprint density at radius 2 is 2.06 bits per heavy atom. The van der Waals surface area contributed by atoms with E-state index < -0.39 is 12.1 Å². The van der Waals surface area contributed by atoms with Crippen molar-refractivity contribution < 1.29 is 24.2 Å². The minimum atomic E-state index is -1.04. The second-order valence-electron chi connectivity index (χ2n) is 6.45. The van der Waals surface area contributed by atoms with E-state index in [0.717, 1.165) is 0 Å². The highest BCUT2D eigenvalue weighted by atomic mass is 35.5. The summed E-state index contributed by atoms with van der Waals surface area (Å²) in [4.78, 5) is 28.5. The van der Waals surface area contributed by atoms with Gasteiger partial charge in [0.1, 0.15) is 0 Å². The van der Waals surface area contributed by atoms with Crippen LogP contribution in [0.3, 0.4) is 0 Å². The number of carboxylic acid groups (broad SMARTS) is 1. The maximum atomic E-state index is 12.4. The summed E-state index contributed by atoms with van der Waals surface area (Å²) in [5.74, 6) is -0.555. The van der Waals surface area contributed by atoms with Gasteiger partial charge in [-0.1, -0.05) is 30.7 Å². The van der Waals surface area contributed by atoms with Gasteiger partial charge in [-0.2, -0.15) is 0 Å². The summed E-state index contributed by atoms with van der Waals surface area (Å²) < 4.78 is 11.2. The molecule has 0 saturated carbocycles. The number of hydrogen-bond donors (Lipinski definition) is 2. The topological polar surface area (TPSA) is 97.2 Å². The van der Waals surface area contributed by atoms with E-state index in [-0.39, 0.29) is 5.91 Å². The van der Waals surface area contributed by atoms with E-state index in [4.69, 9.17) is 21.1 Å². The average molecular weight is 461 g/mol. The van der Waals surface area contributed by atoms with Gasteiger partial charge in [0.25, 0.3) is 5.91 Å². The number of benzene rings is 2. The monoisotopic (exact) mass is 460 g/mol. The van der Waals surface area contributed by atoms with Gasteiger partial charge in [0.05, 0.1) is 17.2 Å². The number of thioether (sulfide) groups is 1. The Bertz CT molecular complexity index is 1050. The molecule has 9 heteroatoms. The van der Waals surface area contributed by atoms with Gasteiger partial charge in [-0.3, -0.25) is 4.79 Å². The van der Waals surface area contributed by atoms with Gasteiger partial charge >= 0.3 is 5.97 Å². The highest BCUT2D eigenvalue weighted by Crippen LogP contribution is 2.33. The molecule has 1 amide bonds. The van der Waals surface area contributed by atoms with E-state index in [0.29, 0.717) is 50.9 Å². The molecular formula is C22H21ClN2O5S. The van der Waals surface area contributed by atoms with Crippen molar-refractivity contribution in [1.82, 2.24) is 5.32 Å². The molecule has 2 N–H and O–H groups in total. The largest absolute Gasteiger partial charge is 0.490 e. The molecule has 1 aliphatic rings. The van der Waals surface area contributed by atoms with Crippen LogP contribution in [0.25, 0.3) is 6.08 Å². The Hall–Kier alpha value is -2.97. The first kappa shape index (κ1) is 22.7. The predicted octanol–water partition coefficient (Wildman–Crippen LogP) is 4.87. The van der Waals surface area contributed by atoms with Crippen LogP contribution in [0.4, 0.5) is 5.69 Å². The summed E-state index contributed by atoms with van der Waals surface area (Å²) in [5, 5.41) is 13.0. The zero-order valence-electron chi connectivity index (χ0n) is 16.9. The van der Waals surface area contributed by atoms with Gasteiger partial charge in [-0.25, -0.2) is 9.79 Å². The van der Waals surface area contributed by atoms with Crippen LogP contribution in [0.15, 0.2) is 52.4 Å². The number of carbonyl (C=O) groups excluding carboxylic acids is 1. The summed E-state index contributed by atoms with van der Waals surface area (Å²) in [6.07, 6.45) is 1.06. The first-order valence-corrected chi connectivity index (χ1v) is 10.8. The fraction of sp³-hybridized carbons (Fsp3) is 0.227. The highest BCUT2D eigenvalue weighted by molar-refractivity contribution is 8.18. The molecule has 162 valence electrons. The van der Waals surface area contributed by atoms with Crippen LogP contribution in [-0.2, 0) is 9.59 Å². The van der Waals surface area contributed by atoms with Gasteiger partial charge in [0.2, 0.25) is 0 Å². The van der Waals surface area contributed by atoms with Crippen LogP contribution < -0.4 is 14.8 Å². The smallest absolute Gasteiger partial charge is 0.344 e. The maximum Gasteiger partial charge on any atom is 0.344 e. The molecule has 1 unspecified atom stereocenters. The summed E-state index contributed by atoms with van der Waals surface area (Å²) in [5.41, 5.74) is 1.35. The first-order chi connectivity index (χ1) is 14.9. The molecule has 2 aromatic carbocycles. The fourth-order valence-electron chi connectivity index (χ4n) is 2.74. The van der Waals surface area contributed by atoms with Crippen molar-refractivity contribution in [3.8, 4) is 11.5 Å². The molecular weight excluding hydrogens is 440 g/mol. The molecule has 31 heavy (non-hydrogen) atoms. The third-order valence-corrected chi connectivity index (χ3v) is 5.32. The number of nitrogens with one attached hydrogen (secondary N) is 1. The number of rotatable bonds is 8. The average Bonchev–Trinajstić information content (AvgIpc) is 3.06. The number of amides is 1. The molecule has 3 rings (SSSR count). The van der Waals surface area contributed by atoms with Crippen LogP contribution >= 0.6 is 23.4 Å². The van der Waals surface area contributed by atoms with Gasteiger partial charge < -0.3 is 19.9 Å². The minimum Gasteiger partial charge on any atom is -0.490 e. The highest BCUT2D eigenvalue weighted by Gasteiger charge is 2.24. The quantitative estimate of drug-likeness (QED) is 0.545. The number of aliphatic carboxylic acids is 1. The van der Waals surface area contributed by atoms with Gasteiger partial charge in [0, 0.05) is 5.02 Å². The van der Waals surface area contributed by atoms with E-state index in [9.17, 15) is 14.7 Å². The molecule has 0 aliphatic carbocycles. The van der Waals surface area contributed by atoms with E-state index in [1.54, 1.807) is 55.5 Å². The fourth-order valence-corrected chi connectivity index (χ4v) is 3.76. The lowest BCUT2D eigenvalue weighted by Gasteiger charge is -2.16. The number of ether oxygens (including phenoxy) is 2. The number of carboxylic acids is 1. The van der Waals surface area contributed by atoms with Crippen molar-refractivity contribution in [3.63, 3.8) is 0 Å². The minimum absolute atomic E-state index is 0.263. The molecule has 1 fully saturated rings. The van der Waals surface area contributed by atoms with Gasteiger partial charge in [-0.05, 0) is 67.1 Å². The van der Waals surface area contributed by atoms with Crippen molar-refractivity contribution in [1.29, 1.82) is 0 Å². The van der Waals surface area contributed by atoms with E-state index in [2.05, 4.69) is 10.3 Å². The summed E-state index contributed by atoms with van der Waals surface area (Å²) in [7, 11) is 0. The molecule has 1 heterocycles. The number of halogens is 1. The zero-order valence-corrected chi connectivity index (χ0v) is 18.5. The summed E-state index contributed by atoms with van der Waals surface area (Å²) >= 11 is 7.19. The van der Waals surface area contributed by atoms with Crippen molar-refractivity contribution >= 4 is 52.2 Å². The number of nitrogens with zero attached hydrogens (tertiary/aromatic N) is 1. The normalized spacial score (nSPS) is 16.9. The van der Waals surface area contributed by atoms with E-state index in [1.807, 2.05) is 6.92 Å². The number of hydrogen-bond acceptors (Lipinski definition) is 6. The van der Waals surface area contributed by atoms with E-state index in [1.165, 1.54) is 11.8 Å². The second-order valence-corrected chi connectivity index (χ2v) is 7.92. The Kier molecular flexibility index (Phi) is 7.59. The molecule has 1 aliphatic heterocycles. The lowest BCUT2D eigenvalue weighted by atomic mass is 10.1. The van der Waals surface area contributed by atoms with Gasteiger partial charge in [-0.15, -0.1) is 0 Å². The maximum absolute atomic E-state index is 12.4. The SMILES string of the molecule is CCOc1cc(/C=C2/SC(=Nc3cccc(Cl)c3)NC2=O)ccc1OC(CC)C(=O)O. The number of carbonyl (C=O) groups is 2. The Balaban J connectivity index is 1.83. The molecule has 7 nitrogen and oxygen atoms in total.